The molecule has 2 N–H and O–H groups in total. The van der Waals surface area contributed by atoms with Crippen molar-refractivity contribution in [2.45, 2.75) is 111 Å². The minimum Gasteiger partial charge on any atom is -0.393 e. The van der Waals surface area contributed by atoms with Crippen molar-refractivity contribution in [2.75, 3.05) is 0 Å². The van der Waals surface area contributed by atoms with Crippen LogP contribution >= 0.6 is 0 Å². The first-order valence-corrected chi connectivity index (χ1v) is 12.3. The Kier molecular flexibility index (Phi) is 4.21. The molecule has 3 heteroatoms. The Balaban J connectivity index is 1.50. The molecule has 0 aromatic rings. The van der Waals surface area contributed by atoms with Gasteiger partial charge in [0.1, 0.15) is 5.78 Å². The molecule has 3 nitrogen and oxygen atoms in total. The van der Waals surface area contributed by atoms with Crippen molar-refractivity contribution in [3.8, 4) is 0 Å². The lowest BCUT2D eigenvalue weighted by Crippen LogP contribution is -2.62. The van der Waals surface area contributed by atoms with E-state index in [9.17, 15) is 15.0 Å². The lowest BCUT2D eigenvalue weighted by Gasteiger charge is -2.63. The Labute approximate surface area is 194 Å². The topological polar surface area (TPSA) is 57.5 Å². The molecule has 0 aromatic heterocycles. The van der Waals surface area contributed by atoms with E-state index in [-0.39, 0.29) is 58.5 Å². The Morgan fingerprint density at radius 3 is 2.67 bits per heavy atom. The molecular formula is C27H46O3. The number of carbonyl (C=O) groups is 1. The number of rotatable bonds is 5. The summed E-state index contributed by atoms with van der Waals surface area (Å²) in [4.78, 5) is 12.2. The first-order chi connectivity index (χ1) is 16.9. The molecule has 4 aliphatic rings. The molecule has 30 heavy (non-hydrogen) atoms. The SMILES string of the molecule is [2H]C([2H])([2H])C([2H])(CCC[C@@H](C)[C@H]1CC[C@H]2[C@@H]3[C@H](O)C[C@@H]4CC(=O)CC[C@]4(C)[C@H]3C[C@H](O)[C@]12C)C([2H])([2H])[2H]. The van der Waals surface area contributed by atoms with Gasteiger partial charge in [0, 0.05) is 22.4 Å². The number of Topliss-reactive ketones (excluding diaryl/α,β-unsaturated/α-hetero) is 1. The van der Waals surface area contributed by atoms with Crippen molar-refractivity contribution in [2.24, 2.45) is 52.2 Å². The molecule has 0 aromatic carbocycles. The fraction of sp³-hybridized carbons (Fsp3) is 0.963. The van der Waals surface area contributed by atoms with E-state index in [1.807, 2.05) is 0 Å². The molecule has 4 aliphatic carbocycles. The van der Waals surface area contributed by atoms with Gasteiger partial charge in [0.15, 0.2) is 0 Å². The number of ketones is 1. The summed E-state index contributed by atoms with van der Waals surface area (Å²) in [6, 6.07) is 0. The standard InChI is InChI=1S/C27H46O3/c1-16(2)7-6-8-17(3)20-9-10-21-25-22(15-24(30)27(20,21)5)26(4)12-11-19(28)13-18(26)14-23(25)29/h16-18,20-25,29-30H,6-15H2,1-5H3/t17-,18+,20-,21+,22+,23-,24+,25+,26+,27-/m1/s1/i1D3,2D3,16D. The maximum absolute atomic E-state index is 12.2. The average Bonchev–Trinajstić information content (AvgIpc) is 3.12. The molecule has 0 aliphatic heterocycles. The third-order valence-corrected chi connectivity index (χ3v) is 10.5. The van der Waals surface area contributed by atoms with E-state index in [4.69, 9.17) is 9.60 Å². The van der Waals surface area contributed by atoms with Crippen LogP contribution in [0.1, 0.15) is 108 Å². The number of fused-ring (bicyclic) bond motifs is 5. The molecule has 10 atom stereocenters. The zero-order valence-corrected chi connectivity index (χ0v) is 19.0. The van der Waals surface area contributed by atoms with E-state index in [0.29, 0.717) is 38.5 Å². The van der Waals surface area contributed by atoms with Gasteiger partial charge < -0.3 is 10.2 Å². The van der Waals surface area contributed by atoms with E-state index < -0.39 is 31.8 Å². The molecule has 4 fully saturated rings. The van der Waals surface area contributed by atoms with Crippen LogP contribution < -0.4 is 0 Å². The summed E-state index contributed by atoms with van der Waals surface area (Å²) < 4.78 is 54.4. The van der Waals surface area contributed by atoms with Gasteiger partial charge in [-0.2, -0.15) is 0 Å². The van der Waals surface area contributed by atoms with Crippen LogP contribution in [0.2, 0.25) is 0 Å². The highest BCUT2D eigenvalue weighted by Gasteiger charge is 2.65. The van der Waals surface area contributed by atoms with Gasteiger partial charge in [-0.15, -0.1) is 0 Å². The van der Waals surface area contributed by atoms with Gasteiger partial charge in [-0.1, -0.05) is 53.7 Å². The minimum atomic E-state index is -2.89. The third-order valence-electron chi connectivity index (χ3n) is 10.5. The van der Waals surface area contributed by atoms with Crippen LogP contribution in [0.4, 0.5) is 0 Å². The lowest BCUT2D eigenvalue weighted by atomic mass is 9.43. The normalized spacial score (nSPS) is 54.1. The van der Waals surface area contributed by atoms with Crippen molar-refractivity contribution in [1.29, 1.82) is 0 Å². The predicted molar refractivity (Wildman–Crippen MR) is 121 cm³/mol. The average molecular weight is 426 g/mol. The van der Waals surface area contributed by atoms with Gasteiger partial charge in [0.2, 0.25) is 0 Å². The van der Waals surface area contributed by atoms with Gasteiger partial charge in [-0.3, -0.25) is 4.79 Å². The van der Waals surface area contributed by atoms with Gasteiger partial charge in [0.25, 0.3) is 0 Å². The first kappa shape index (κ1) is 15.4. The van der Waals surface area contributed by atoms with Crippen LogP contribution in [-0.2, 0) is 4.79 Å². The summed E-state index contributed by atoms with van der Waals surface area (Å²) in [7, 11) is 0. The molecule has 0 unspecified atom stereocenters. The van der Waals surface area contributed by atoms with Crippen molar-refractivity contribution in [1.82, 2.24) is 0 Å². The van der Waals surface area contributed by atoms with Crippen molar-refractivity contribution in [3.05, 3.63) is 0 Å². The number of aliphatic hydroxyl groups excluding tert-OH is 2. The van der Waals surface area contributed by atoms with E-state index in [1.54, 1.807) is 0 Å². The van der Waals surface area contributed by atoms with Crippen LogP contribution in [0.15, 0.2) is 0 Å². The van der Waals surface area contributed by atoms with Crippen molar-refractivity contribution < 1.29 is 24.6 Å². The van der Waals surface area contributed by atoms with E-state index in [1.165, 1.54) is 0 Å². The molecule has 0 spiro atoms. The third kappa shape index (κ3) is 3.51. The summed E-state index contributed by atoms with van der Waals surface area (Å²) in [6.07, 6.45) is 4.82. The Hall–Kier alpha value is -0.410. The van der Waals surface area contributed by atoms with Gasteiger partial charge in [-0.25, -0.2) is 0 Å². The van der Waals surface area contributed by atoms with Crippen LogP contribution in [0.25, 0.3) is 0 Å². The van der Waals surface area contributed by atoms with E-state index >= 15 is 0 Å². The second-order valence-corrected chi connectivity index (χ2v) is 11.7. The highest BCUT2D eigenvalue weighted by Crippen LogP contribution is 2.68. The minimum absolute atomic E-state index is 0.0359. The number of carbonyl (C=O) groups excluding carboxylic acids is 1. The maximum atomic E-state index is 12.2. The molecule has 0 amide bonds. The van der Waals surface area contributed by atoms with Gasteiger partial charge >= 0.3 is 0 Å². The van der Waals surface area contributed by atoms with Gasteiger partial charge in [0.05, 0.1) is 12.2 Å². The Morgan fingerprint density at radius 2 is 1.93 bits per heavy atom. The highest BCUT2D eigenvalue weighted by molar-refractivity contribution is 5.79. The van der Waals surface area contributed by atoms with Crippen LogP contribution in [0.3, 0.4) is 0 Å². The second kappa shape index (κ2) is 8.18. The molecular weight excluding hydrogens is 372 g/mol. The number of hydrogen-bond acceptors (Lipinski definition) is 3. The predicted octanol–water partition coefficient (Wildman–Crippen LogP) is 5.62. The summed E-state index contributed by atoms with van der Waals surface area (Å²) >= 11 is 0. The van der Waals surface area contributed by atoms with Gasteiger partial charge in [-0.05, 0) is 84.3 Å². The quantitative estimate of drug-likeness (QED) is 0.601. The van der Waals surface area contributed by atoms with Crippen molar-refractivity contribution in [3.63, 3.8) is 0 Å². The second-order valence-electron chi connectivity index (χ2n) is 11.7. The smallest absolute Gasteiger partial charge is 0.133 e. The van der Waals surface area contributed by atoms with Crippen LogP contribution in [-0.4, -0.2) is 28.2 Å². The summed E-state index contributed by atoms with van der Waals surface area (Å²) in [5.41, 5.74) is -0.410. The Bertz CT molecular complexity index is 859. The highest BCUT2D eigenvalue weighted by atomic mass is 16.3. The monoisotopic (exact) mass is 425 g/mol. The molecule has 0 radical (unpaired) electrons. The maximum Gasteiger partial charge on any atom is 0.133 e. The van der Waals surface area contributed by atoms with E-state index in [2.05, 4.69) is 20.8 Å². The fourth-order valence-corrected chi connectivity index (χ4v) is 8.75. The zero-order valence-electron chi connectivity index (χ0n) is 26.0. The summed E-state index contributed by atoms with van der Waals surface area (Å²) in [5.74, 6) is -1.23. The molecule has 4 rings (SSSR count). The molecule has 4 saturated carbocycles. The largest absolute Gasteiger partial charge is 0.393 e. The number of hydrogen-bond donors (Lipinski definition) is 2. The summed E-state index contributed by atoms with van der Waals surface area (Å²) in [6.45, 7) is 0.762. The fourth-order valence-electron chi connectivity index (χ4n) is 8.75. The van der Waals surface area contributed by atoms with Crippen LogP contribution in [0.5, 0.6) is 0 Å². The molecule has 172 valence electrons. The number of aliphatic hydroxyl groups is 2. The lowest BCUT2D eigenvalue weighted by molar-refractivity contribution is -0.201. The van der Waals surface area contributed by atoms with E-state index in [0.717, 1.165) is 19.3 Å². The molecule has 0 heterocycles. The van der Waals surface area contributed by atoms with Crippen molar-refractivity contribution >= 4 is 5.78 Å². The Morgan fingerprint density at radius 1 is 1.17 bits per heavy atom. The molecule has 0 bridgehead atoms. The molecule has 0 saturated heterocycles. The van der Waals surface area contributed by atoms with Crippen LogP contribution in [0, 0.1) is 52.2 Å². The summed E-state index contributed by atoms with van der Waals surface area (Å²) in [5, 5.41) is 23.1. The first-order valence-electron chi connectivity index (χ1n) is 15.8. The zero-order chi connectivity index (χ0) is 27.8.